The average molecular weight is 353 g/mol. The molecule has 0 bridgehead atoms. The molecule has 2 aromatic carbocycles. The lowest BCUT2D eigenvalue weighted by molar-refractivity contribution is -0.391. The highest BCUT2D eigenvalue weighted by Gasteiger charge is 2.23. The Kier molecular flexibility index (Phi) is 4.83. The molecule has 8 heteroatoms. The van der Waals surface area contributed by atoms with E-state index >= 15 is 0 Å². The molecule has 0 radical (unpaired) electrons. The van der Waals surface area contributed by atoms with Gasteiger partial charge in [-0.05, 0) is 53.2 Å². The molecule has 1 N–H and O–H groups in total. The van der Waals surface area contributed by atoms with E-state index in [9.17, 15) is 15.3 Å². The van der Waals surface area contributed by atoms with Gasteiger partial charge in [-0.15, -0.1) is 0 Å². The molecule has 0 aliphatic rings. The van der Waals surface area contributed by atoms with Gasteiger partial charge in [0, 0.05) is 6.54 Å². The monoisotopic (exact) mass is 353 g/mol. The van der Waals surface area contributed by atoms with Crippen molar-refractivity contribution in [3.05, 3.63) is 80.8 Å². The Hall–Kier alpha value is -3.42. The van der Waals surface area contributed by atoms with E-state index in [0.717, 1.165) is 21.5 Å². The lowest BCUT2D eigenvalue weighted by atomic mass is 10.1. The SMILES string of the molecule is Cc1cccc(CCN=c2c([N+](=O)[O-])nn(-c3cccc(C)c3)n2O)c1. The van der Waals surface area contributed by atoms with E-state index in [1.54, 1.807) is 18.2 Å². The van der Waals surface area contributed by atoms with Crippen LogP contribution < -0.4 is 5.49 Å². The third-order valence-corrected chi connectivity index (χ3v) is 3.91. The standard InChI is InChI=1S/C18H19N5O3/c1-13-5-3-7-15(11-13)9-10-19-17-18(23(25)26)20-21(22(17)24)16-8-4-6-14(2)12-16/h3-8,11-12,24H,9-10H2,1-2H3. The fourth-order valence-electron chi connectivity index (χ4n) is 2.69. The molecular formula is C18H19N5O3. The summed E-state index contributed by atoms with van der Waals surface area (Å²) in [6, 6.07) is 15.1. The number of rotatable bonds is 5. The summed E-state index contributed by atoms with van der Waals surface area (Å²) in [6.07, 6.45) is 0.606. The minimum Gasteiger partial charge on any atom is -0.409 e. The molecule has 3 aromatic rings. The van der Waals surface area contributed by atoms with E-state index in [1.165, 1.54) is 0 Å². The van der Waals surface area contributed by atoms with E-state index in [-0.39, 0.29) is 5.49 Å². The largest absolute Gasteiger partial charge is 0.438 e. The van der Waals surface area contributed by atoms with E-state index < -0.39 is 10.7 Å². The molecule has 26 heavy (non-hydrogen) atoms. The van der Waals surface area contributed by atoms with Crippen molar-refractivity contribution in [2.24, 2.45) is 4.99 Å². The van der Waals surface area contributed by atoms with Gasteiger partial charge in [0.25, 0.3) is 5.49 Å². The number of nitrogens with zero attached hydrogens (tertiary/aromatic N) is 5. The lowest BCUT2D eigenvalue weighted by Gasteiger charge is -2.01. The number of hydrogen-bond donors (Lipinski definition) is 1. The maximum atomic E-state index is 11.3. The van der Waals surface area contributed by atoms with Crippen LogP contribution in [0.3, 0.4) is 0 Å². The molecular weight excluding hydrogens is 334 g/mol. The molecule has 134 valence electrons. The normalized spacial score (nSPS) is 11.7. The minimum atomic E-state index is -0.648. The van der Waals surface area contributed by atoms with Crippen molar-refractivity contribution < 1.29 is 10.1 Å². The van der Waals surface area contributed by atoms with Crippen molar-refractivity contribution in [1.82, 2.24) is 14.7 Å². The smallest absolute Gasteiger partial charge is 0.409 e. The van der Waals surface area contributed by atoms with Gasteiger partial charge in [0.1, 0.15) is 5.69 Å². The van der Waals surface area contributed by atoms with Crippen molar-refractivity contribution in [2.45, 2.75) is 20.3 Å². The fourth-order valence-corrected chi connectivity index (χ4v) is 2.69. The summed E-state index contributed by atoms with van der Waals surface area (Å²) in [5.74, 6) is -0.488. The molecule has 0 spiro atoms. The van der Waals surface area contributed by atoms with E-state index in [2.05, 4.69) is 10.1 Å². The minimum absolute atomic E-state index is 0.177. The van der Waals surface area contributed by atoms with Gasteiger partial charge in [0.2, 0.25) is 0 Å². The Labute approximate surface area is 149 Å². The van der Waals surface area contributed by atoms with Gasteiger partial charge in [-0.2, -0.15) is 0 Å². The molecule has 0 saturated heterocycles. The van der Waals surface area contributed by atoms with Gasteiger partial charge in [0.05, 0.1) is 5.10 Å². The van der Waals surface area contributed by atoms with Crippen LogP contribution in [-0.2, 0) is 6.42 Å². The lowest BCUT2D eigenvalue weighted by Crippen LogP contribution is -2.23. The molecule has 0 atom stereocenters. The summed E-state index contributed by atoms with van der Waals surface area (Å²) in [6.45, 7) is 4.18. The first kappa shape index (κ1) is 17.4. The summed E-state index contributed by atoms with van der Waals surface area (Å²) < 4.78 is 0. The van der Waals surface area contributed by atoms with E-state index in [4.69, 9.17) is 0 Å². The van der Waals surface area contributed by atoms with Crippen LogP contribution in [0.4, 0.5) is 5.82 Å². The zero-order chi connectivity index (χ0) is 18.7. The van der Waals surface area contributed by atoms with Crippen LogP contribution in [0, 0.1) is 24.0 Å². The highest BCUT2D eigenvalue weighted by atomic mass is 16.6. The van der Waals surface area contributed by atoms with Crippen LogP contribution in [-0.4, -0.2) is 31.4 Å². The third-order valence-electron chi connectivity index (χ3n) is 3.91. The van der Waals surface area contributed by atoms with Crippen LogP contribution in [0.2, 0.25) is 0 Å². The zero-order valence-electron chi connectivity index (χ0n) is 14.5. The first-order chi connectivity index (χ1) is 12.5. The molecule has 3 rings (SSSR count). The Morgan fingerprint density at radius 1 is 1.15 bits per heavy atom. The van der Waals surface area contributed by atoms with Gasteiger partial charge in [-0.1, -0.05) is 46.8 Å². The topological polar surface area (TPSA) is 98.5 Å². The van der Waals surface area contributed by atoms with Crippen LogP contribution in [0.15, 0.2) is 53.5 Å². The molecule has 0 amide bonds. The van der Waals surface area contributed by atoms with Gasteiger partial charge >= 0.3 is 5.82 Å². The summed E-state index contributed by atoms with van der Waals surface area (Å²) in [5, 5.41) is 25.6. The number of aryl methyl sites for hydroxylation is 2. The number of aromatic nitrogens is 3. The maximum Gasteiger partial charge on any atom is 0.438 e. The highest BCUT2D eigenvalue weighted by molar-refractivity contribution is 5.34. The van der Waals surface area contributed by atoms with E-state index in [1.807, 2.05) is 44.2 Å². The third kappa shape index (κ3) is 3.64. The number of benzene rings is 2. The second-order valence-electron chi connectivity index (χ2n) is 6.04. The highest BCUT2D eigenvalue weighted by Crippen LogP contribution is 2.10. The zero-order valence-corrected chi connectivity index (χ0v) is 14.5. The molecule has 1 heterocycles. The number of hydrogen-bond acceptors (Lipinski definition) is 5. The Balaban J connectivity index is 1.96. The molecule has 1 aromatic heterocycles. The molecule has 0 unspecified atom stereocenters. The van der Waals surface area contributed by atoms with Crippen LogP contribution in [0.5, 0.6) is 0 Å². The average Bonchev–Trinajstić information content (AvgIpc) is 2.92. The summed E-state index contributed by atoms with van der Waals surface area (Å²) in [4.78, 5) is 16.5. The Morgan fingerprint density at radius 2 is 1.85 bits per heavy atom. The summed E-state index contributed by atoms with van der Waals surface area (Å²) >= 11 is 0. The number of nitro groups is 1. The first-order valence-corrected chi connectivity index (χ1v) is 8.15. The van der Waals surface area contributed by atoms with Gasteiger partial charge in [-0.25, -0.2) is 0 Å². The molecule has 8 nitrogen and oxygen atoms in total. The fraction of sp³-hybridized carbons (Fsp3) is 0.222. The van der Waals surface area contributed by atoms with Crippen LogP contribution >= 0.6 is 0 Å². The van der Waals surface area contributed by atoms with Gasteiger partial charge in [0.15, 0.2) is 0 Å². The van der Waals surface area contributed by atoms with Crippen LogP contribution in [0.1, 0.15) is 16.7 Å². The van der Waals surface area contributed by atoms with Gasteiger partial charge < -0.3 is 15.3 Å². The summed E-state index contributed by atoms with van der Waals surface area (Å²) in [7, 11) is 0. The van der Waals surface area contributed by atoms with Crippen LogP contribution in [0.25, 0.3) is 5.69 Å². The molecule has 0 fully saturated rings. The van der Waals surface area contributed by atoms with Crippen molar-refractivity contribution in [3.8, 4) is 5.69 Å². The van der Waals surface area contributed by atoms with Crippen molar-refractivity contribution in [2.75, 3.05) is 6.54 Å². The van der Waals surface area contributed by atoms with Crippen molar-refractivity contribution in [3.63, 3.8) is 0 Å². The Morgan fingerprint density at radius 3 is 2.50 bits per heavy atom. The second-order valence-corrected chi connectivity index (χ2v) is 6.04. The maximum absolute atomic E-state index is 11.3. The first-order valence-electron chi connectivity index (χ1n) is 8.15. The predicted octanol–water partition coefficient (Wildman–Crippen LogP) is 2.58. The molecule has 0 aliphatic heterocycles. The molecule has 0 aliphatic carbocycles. The quantitative estimate of drug-likeness (QED) is 0.433. The Bertz CT molecular complexity index is 1020. The predicted molar refractivity (Wildman–Crippen MR) is 95.4 cm³/mol. The van der Waals surface area contributed by atoms with Crippen molar-refractivity contribution in [1.29, 1.82) is 0 Å². The summed E-state index contributed by atoms with van der Waals surface area (Å²) in [5.41, 5.74) is 3.49. The van der Waals surface area contributed by atoms with Gasteiger partial charge in [-0.3, -0.25) is 4.99 Å². The van der Waals surface area contributed by atoms with E-state index in [0.29, 0.717) is 23.5 Å². The second kappa shape index (κ2) is 7.22. The molecule has 0 saturated carbocycles. The van der Waals surface area contributed by atoms with Crippen molar-refractivity contribution >= 4 is 5.82 Å².